The van der Waals surface area contributed by atoms with Gasteiger partial charge in [0.1, 0.15) is 5.75 Å². The highest BCUT2D eigenvalue weighted by atomic mass is 35.5. The van der Waals surface area contributed by atoms with E-state index in [1.165, 1.54) is 0 Å². The predicted octanol–water partition coefficient (Wildman–Crippen LogP) is 3.91. The van der Waals surface area contributed by atoms with E-state index < -0.39 is 11.9 Å². The average molecular weight is 362 g/mol. The third-order valence-corrected chi connectivity index (χ3v) is 3.66. The zero-order valence-corrected chi connectivity index (χ0v) is 14.9. The van der Waals surface area contributed by atoms with Crippen molar-refractivity contribution in [2.75, 3.05) is 18.5 Å². The number of rotatable bonds is 7. The Kier molecular flexibility index (Phi) is 6.83. The van der Waals surface area contributed by atoms with Gasteiger partial charge in [-0.15, -0.1) is 0 Å². The standard InChI is InChI=1S/C19H20ClNO4/c1-13-3-6-16(7-4-13)24-10-9-19(23)25-12-18(22)21-17-8-5-15(20)11-14(17)2/h3-8,11H,9-10,12H2,1-2H3,(H,21,22). The van der Waals surface area contributed by atoms with Gasteiger partial charge in [0.2, 0.25) is 0 Å². The Labute approximate surface area is 151 Å². The SMILES string of the molecule is Cc1ccc(OCCC(=O)OCC(=O)Nc2ccc(Cl)cc2C)cc1. The minimum atomic E-state index is -0.491. The van der Waals surface area contributed by atoms with E-state index in [0.717, 1.165) is 11.1 Å². The van der Waals surface area contributed by atoms with Crippen molar-refractivity contribution in [2.45, 2.75) is 20.3 Å². The summed E-state index contributed by atoms with van der Waals surface area (Å²) in [7, 11) is 0. The highest BCUT2D eigenvalue weighted by Gasteiger charge is 2.09. The minimum Gasteiger partial charge on any atom is -0.493 e. The summed E-state index contributed by atoms with van der Waals surface area (Å²) in [5, 5.41) is 3.27. The van der Waals surface area contributed by atoms with Crippen molar-refractivity contribution in [2.24, 2.45) is 0 Å². The van der Waals surface area contributed by atoms with Crippen molar-refractivity contribution < 1.29 is 19.1 Å². The maximum atomic E-state index is 11.8. The molecule has 0 fully saturated rings. The van der Waals surface area contributed by atoms with Gasteiger partial charge in [0.05, 0.1) is 13.0 Å². The van der Waals surface area contributed by atoms with Crippen LogP contribution in [-0.2, 0) is 14.3 Å². The third kappa shape index (κ3) is 6.47. The average Bonchev–Trinajstić information content (AvgIpc) is 2.57. The van der Waals surface area contributed by atoms with Crippen molar-refractivity contribution in [3.63, 3.8) is 0 Å². The Morgan fingerprint density at radius 1 is 1.08 bits per heavy atom. The van der Waals surface area contributed by atoms with Gasteiger partial charge in [-0.3, -0.25) is 9.59 Å². The van der Waals surface area contributed by atoms with Crippen LogP contribution in [-0.4, -0.2) is 25.1 Å². The lowest BCUT2D eigenvalue weighted by molar-refractivity contribution is -0.147. The molecule has 0 aliphatic carbocycles. The zero-order chi connectivity index (χ0) is 18.2. The molecular formula is C19H20ClNO4. The number of aryl methyl sites for hydroxylation is 2. The van der Waals surface area contributed by atoms with E-state index in [4.69, 9.17) is 21.1 Å². The highest BCUT2D eigenvalue weighted by molar-refractivity contribution is 6.30. The lowest BCUT2D eigenvalue weighted by atomic mass is 10.2. The first-order chi connectivity index (χ1) is 11.9. The molecule has 5 nitrogen and oxygen atoms in total. The fourth-order valence-corrected chi connectivity index (χ4v) is 2.29. The summed E-state index contributed by atoms with van der Waals surface area (Å²) in [6.45, 7) is 3.67. The van der Waals surface area contributed by atoms with Crippen molar-refractivity contribution in [1.82, 2.24) is 0 Å². The maximum absolute atomic E-state index is 11.8. The molecular weight excluding hydrogens is 342 g/mol. The first-order valence-corrected chi connectivity index (χ1v) is 8.23. The van der Waals surface area contributed by atoms with E-state index in [2.05, 4.69) is 5.32 Å². The molecule has 0 atom stereocenters. The van der Waals surface area contributed by atoms with Crippen LogP contribution in [0.2, 0.25) is 5.02 Å². The molecule has 0 saturated heterocycles. The van der Waals surface area contributed by atoms with E-state index in [-0.39, 0.29) is 19.6 Å². The van der Waals surface area contributed by atoms with E-state index in [1.807, 2.05) is 38.1 Å². The van der Waals surface area contributed by atoms with Gasteiger partial charge in [0.25, 0.3) is 5.91 Å². The normalized spacial score (nSPS) is 10.2. The molecule has 0 aliphatic rings. The largest absolute Gasteiger partial charge is 0.493 e. The number of esters is 1. The molecule has 6 heteroatoms. The smallest absolute Gasteiger partial charge is 0.309 e. The second kappa shape index (κ2) is 9.08. The Morgan fingerprint density at radius 2 is 1.80 bits per heavy atom. The molecule has 0 aliphatic heterocycles. The van der Waals surface area contributed by atoms with Crippen LogP contribution >= 0.6 is 11.6 Å². The molecule has 25 heavy (non-hydrogen) atoms. The van der Waals surface area contributed by atoms with Crippen LogP contribution in [0.15, 0.2) is 42.5 Å². The second-order valence-corrected chi connectivity index (χ2v) is 6.02. The van der Waals surface area contributed by atoms with Gasteiger partial charge in [-0.05, 0) is 49.7 Å². The summed E-state index contributed by atoms with van der Waals surface area (Å²) in [5.41, 5.74) is 2.60. The van der Waals surface area contributed by atoms with Gasteiger partial charge in [0, 0.05) is 10.7 Å². The van der Waals surface area contributed by atoms with Crippen molar-refractivity contribution in [1.29, 1.82) is 0 Å². The molecule has 2 aromatic rings. The van der Waals surface area contributed by atoms with E-state index in [9.17, 15) is 9.59 Å². The van der Waals surface area contributed by atoms with Gasteiger partial charge in [-0.25, -0.2) is 0 Å². The summed E-state index contributed by atoms with van der Waals surface area (Å²) in [6.07, 6.45) is 0.0706. The zero-order valence-electron chi connectivity index (χ0n) is 14.2. The second-order valence-electron chi connectivity index (χ2n) is 5.58. The van der Waals surface area contributed by atoms with Gasteiger partial charge < -0.3 is 14.8 Å². The van der Waals surface area contributed by atoms with Crippen LogP contribution in [0.4, 0.5) is 5.69 Å². The maximum Gasteiger partial charge on any atom is 0.309 e. The topological polar surface area (TPSA) is 64.6 Å². The first-order valence-electron chi connectivity index (χ1n) is 7.85. The van der Waals surface area contributed by atoms with E-state index in [0.29, 0.717) is 16.5 Å². The van der Waals surface area contributed by atoms with Crippen LogP contribution in [0.3, 0.4) is 0 Å². The molecule has 132 valence electrons. The van der Waals surface area contributed by atoms with Gasteiger partial charge in [-0.2, -0.15) is 0 Å². The summed E-state index contributed by atoms with van der Waals surface area (Å²) in [4.78, 5) is 23.5. The number of carbonyl (C=O) groups excluding carboxylic acids is 2. The number of amides is 1. The number of benzene rings is 2. The Balaban J connectivity index is 1.68. The fraction of sp³-hybridized carbons (Fsp3) is 0.263. The number of ether oxygens (including phenoxy) is 2. The predicted molar refractivity (Wildman–Crippen MR) is 97.1 cm³/mol. The van der Waals surface area contributed by atoms with Crippen LogP contribution in [0.1, 0.15) is 17.5 Å². The molecule has 2 rings (SSSR count). The van der Waals surface area contributed by atoms with Gasteiger partial charge in [-0.1, -0.05) is 29.3 Å². The highest BCUT2D eigenvalue weighted by Crippen LogP contribution is 2.19. The molecule has 1 amide bonds. The number of hydrogen-bond acceptors (Lipinski definition) is 4. The Bertz CT molecular complexity index is 744. The van der Waals surface area contributed by atoms with Crippen LogP contribution in [0, 0.1) is 13.8 Å². The van der Waals surface area contributed by atoms with Crippen molar-refractivity contribution in [3.05, 3.63) is 58.6 Å². The lowest BCUT2D eigenvalue weighted by Crippen LogP contribution is -2.22. The molecule has 0 radical (unpaired) electrons. The van der Waals surface area contributed by atoms with Crippen molar-refractivity contribution >= 4 is 29.2 Å². The monoisotopic (exact) mass is 361 g/mol. The Hall–Kier alpha value is -2.53. The van der Waals surface area contributed by atoms with Gasteiger partial charge in [0.15, 0.2) is 6.61 Å². The summed E-state index contributed by atoms with van der Waals surface area (Å²) < 4.78 is 10.4. The summed E-state index contributed by atoms with van der Waals surface area (Å²) in [5.74, 6) is -0.206. The molecule has 2 aromatic carbocycles. The molecule has 0 aromatic heterocycles. The lowest BCUT2D eigenvalue weighted by Gasteiger charge is -2.09. The molecule has 0 spiro atoms. The molecule has 0 unspecified atom stereocenters. The van der Waals surface area contributed by atoms with Gasteiger partial charge >= 0.3 is 5.97 Å². The van der Waals surface area contributed by atoms with Crippen LogP contribution < -0.4 is 10.1 Å². The number of nitrogens with one attached hydrogen (secondary N) is 1. The summed E-state index contributed by atoms with van der Waals surface area (Å²) >= 11 is 5.86. The van der Waals surface area contributed by atoms with Crippen LogP contribution in [0.5, 0.6) is 5.75 Å². The Morgan fingerprint density at radius 3 is 2.48 bits per heavy atom. The number of halogens is 1. The minimum absolute atomic E-state index is 0.0706. The third-order valence-electron chi connectivity index (χ3n) is 3.42. The van der Waals surface area contributed by atoms with Crippen molar-refractivity contribution in [3.8, 4) is 5.75 Å². The van der Waals surface area contributed by atoms with E-state index >= 15 is 0 Å². The molecule has 0 saturated carbocycles. The molecule has 1 N–H and O–H groups in total. The molecule has 0 bridgehead atoms. The number of anilines is 1. The number of carbonyl (C=O) groups is 2. The van der Waals surface area contributed by atoms with E-state index in [1.54, 1.807) is 18.2 Å². The quantitative estimate of drug-likeness (QED) is 0.759. The number of hydrogen-bond donors (Lipinski definition) is 1. The fourth-order valence-electron chi connectivity index (χ4n) is 2.06. The van der Waals surface area contributed by atoms with Crippen LogP contribution in [0.25, 0.3) is 0 Å². The molecule has 0 heterocycles. The summed E-state index contributed by atoms with van der Waals surface area (Å²) in [6, 6.07) is 12.6. The first kappa shape index (κ1) is 18.8.